The van der Waals surface area contributed by atoms with E-state index in [9.17, 15) is 0 Å². The van der Waals surface area contributed by atoms with Gasteiger partial charge in [-0.1, -0.05) is 161 Å². The predicted octanol–water partition coefficient (Wildman–Crippen LogP) is 11.3. The van der Waals surface area contributed by atoms with Gasteiger partial charge >= 0.3 is 0 Å². The third kappa shape index (κ3) is 3.87. The summed E-state index contributed by atoms with van der Waals surface area (Å²) in [4.78, 5) is 0. The van der Waals surface area contributed by atoms with Gasteiger partial charge in [0.25, 0.3) is 0 Å². The smallest absolute Gasteiger partial charge is 0.0748 e. The number of rotatable bonds is 1. The SMILES string of the molecule is CC.CC1(C)c2ccccc2C2(c3ccccc3-n3c4c(c5cccc2c53)=CCCC=4)c2cc(-c3ccc4ccc5ccccc5c4c3)ccc21. The van der Waals surface area contributed by atoms with Crippen molar-refractivity contribution in [2.45, 2.75) is 51.4 Å². The summed E-state index contributed by atoms with van der Waals surface area (Å²) in [6.07, 6.45) is 7.09. The Bertz CT molecular complexity index is 2860. The first-order valence-electron chi connectivity index (χ1n) is 18.7. The van der Waals surface area contributed by atoms with Crippen molar-refractivity contribution in [3.8, 4) is 16.8 Å². The molecule has 0 bridgehead atoms. The minimum atomic E-state index is -0.478. The molecule has 1 unspecified atom stereocenters. The van der Waals surface area contributed by atoms with Crippen LogP contribution in [0.2, 0.25) is 0 Å². The molecule has 11 rings (SSSR count). The van der Waals surface area contributed by atoms with E-state index in [0.29, 0.717) is 0 Å². The largest absolute Gasteiger partial charge is 0.309 e. The van der Waals surface area contributed by atoms with E-state index in [1.54, 1.807) is 0 Å². The second-order valence-corrected chi connectivity index (χ2v) is 14.7. The van der Waals surface area contributed by atoms with Crippen molar-refractivity contribution in [2.75, 3.05) is 0 Å². The van der Waals surface area contributed by atoms with Crippen LogP contribution >= 0.6 is 0 Å². The maximum Gasteiger partial charge on any atom is 0.0748 e. The Morgan fingerprint density at radius 1 is 0.471 bits per heavy atom. The predicted molar refractivity (Wildman–Crippen MR) is 216 cm³/mol. The van der Waals surface area contributed by atoms with Crippen molar-refractivity contribution < 1.29 is 0 Å². The molecule has 3 aliphatic rings. The lowest BCUT2D eigenvalue weighted by atomic mass is 9.53. The zero-order valence-corrected chi connectivity index (χ0v) is 29.8. The molecule has 2 aliphatic carbocycles. The summed E-state index contributed by atoms with van der Waals surface area (Å²) in [6.45, 7) is 8.83. The van der Waals surface area contributed by atoms with Gasteiger partial charge in [-0.15, -0.1) is 0 Å². The first-order chi connectivity index (χ1) is 25.1. The molecular weight excluding hydrogens is 615 g/mol. The van der Waals surface area contributed by atoms with Gasteiger partial charge in [-0.3, -0.25) is 0 Å². The third-order valence-corrected chi connectivity index (χ3v) is 12.1. The van der Waals surface area contributed by atoms with Crippen molar-refractivity contribution in [1.29, 1.82) is 0 Å². The number of para-hydroxylation sites is 2. The van der Waals surface area contributed by atoms with Crippen LogP contribution in [-0.2, 0) is 10.8 Å². The van der Waals surface area contributed by atoms with E-state index in [4.69, 9.17) is 0 Å². The van der Waals surface area contributed by atoms with Gasteiger partial charge < -0.3 is 4.57 Å². The number of fused-ring (bicyclic) bond motifs is 14. The van der Waals surface area contributed by atoms with E-state index in [-0.39, 0.29) is 5.41 Å². The van der Waals surface area contributed by atoms with Crippen molar-refractivity contribution in [3.05, 3.63) is 183 Å². The molecule has 1 atom stereocenters. The highest BCUT2D eigenvalue weighted by Gasteiger charge is 2.52. The van der Waals surface area contributed by atoms with Gasteiger partial charge in [0.2, 0.25) is 0 Å². The highest BCUT2D eigenvalue weighted by atomic mass is 15.0. The molecule has 1 aliphatic heterocycles. The second kappa shape index (κ2) is 10.9. The van der Waals surface area contributed by atoms with E-state index in [1.165, 1.54) is 93.2 Å². The quantitative estimate of drug-likeness (QED) is 0.155. The minimum Gasteiger partial charge on any atom is -0.309 e. The number of hydrogen-bond donors (Lipinski definition) is 0. The van der Waals surface area contributed by atoms with E-state index in [0.717, 1.165) is 12.8 Å². The Morgan fingerprint density at radius 3 is 1.94 bits per heavy atom. The lowest BCUT2D eigenvalue weighted by Crippen LogP contribution is -2.44. The number of hydrogen-bond acceptors (Lipinski definition) is 0. The van der Waals surface area contributed by atoms with Crippen LogP contribution in [-0.4, -0.2) is 4.57 Å². The lowest BCUT2D eigenvalue weighted by molar-refractivity contribution is 0.556. The maximum atomic E-state index is 2.58. The van der Waals surface area contributed by atoms with Gasteiger partial charge in [0.05, 0.1) is 16.6 Å². The molecule has 0 saturated carbocycles. The third-order valence-electron chi connectivity index (χ3n) is 12.1. The van der Waals surface area contributed by atoms with Crippen molar-refractivity contribution in [3.63, 3.8) is 0 Å². The topological polar surface area (TPSA) is 4.93 Å². The fraction of sp³-hybridized carbons (Fsp3) is 0.160. The summed E-state index contributed by atoms with van der Waals surface area (Å²) >= 11 is 0. The Labute approximate surface area is 299 Å². The summed E-state index contributed by atoms with van der Waals surface area (Å²) in [5.74, 6) is 0. The molecule has 2 heterocycles. The van der Waals surface area contributed by atoms with E-state index >= 15 is 0 Å². The summed E-state index contributed by atoms with van der Waals surface area (Å²) < 4.78 is 2.58. The molecule has 7 aromatic carbocycles. The molecule has 0 saturated heterocycles. The molecule has 1 spiro atoms. The lowest BCUT2D eigenvalue weighted by Gasteiger charge is -2.50. The fourth-order valence-electron chi connectivity index (χ4n) is 9.91. The Hall–Kier alpha value is -5.66. The second-order valence-electron chi connectivity index (χ2n) is 14.7. The van der Waals surface area contributed by atoms with Crippen LogP contribution < -0.4 is 10.6 Å². The summed E-state index contributed by atoms with van der Waals surface area (Å²) in [5, 5.41) is 9.25. The molecule has 0 amide bonds. The van der Waals surface area contributed by atoms with Crippen LogP contribution in [0.5, 0.6) is 0 Å². The normalized spacial score (nSPS) is 17.4. The highest BCUT2D eigenvalue weighted by molar-refractivity contribution is 6.08. The molecule has 0 fully saturated rings. The number of aromatic nitrogens is 1. The summed E-state index contributed by atoms with van der Waals surface area (Å²) in [5.41, 5.74) is 12.8. The van der Waals surface area contributed by atoms with Gasteiger partial charge in [-0.05, 0) is 97.1 Å². The van der Waals surface area contributed by atoms with Crippen LogP contribution in [0.25, 0.3) is 61.4 Å². The van der Waals surface area contributed by atoms with Gasteiger partial charge in [-0.25, -0.2) is 0 Å². The van der Waals surface area contributed by atoms with Crippen molar-refractivity contribution in [1.82, 2.24) is 4.57 Å². The minimum absolute atomic E-state index is 0.168. The summed E-state index contributed by atoms with van der Waals surface area (Å²) in [7, 11) is 0. The average molecular weight is 656 g/mol. The number of benzene rings is 7. The first kappa shape index (κ1) is 30.2. The van der Waals surface area contributed by atoms with E-state index < -0.39 is 5.41 Å². The first-order valence-corrected chi connectivity index (χ1v) is 18.7. The average Bonchev–Trinajstić information content (AvgIpc) is 3.54. The van der Waals surface area contributed by atoms with E-state index in [2.05, 4.69) is 170 Å². The molecule has 1 heteroatoms. The Kier molecular flexibility index (Phi) is 6.46. The standard InChI is InChI=1S/C48H35N.C2H6/c1-47(2)38-16-6-7-17-40(38)48(41-18-8-10-21-45(41)49-44-20-9-5-14-35(44)36-15-11-19-42(48)46(36)49)43-29-33(26-27-39(43)47)32-25-24-31-23-22-30-12-3-4-13-34(30)37(31)28-32;1-2/h3-4,6-8,10-29H,5,9H2,1-2H3;1-2H3. The Morgan fingerprint density at radius 2 is 1.08 bits per heavy atom. The zero-order valence-electron chi connectivity index (χ0n) is 29.8. The molecular formula is C50H41N. The maximum absolute atomic E-state index is 2.58. The molecule has 246 valence electrons. The van der Waals surface area contributed by atoms with Gasteiger partial charge in [0.1, 0.15) is 0 Å². The van der Waals surface area contributed by atoms with Gasteiger partial charge in [0, 0.05) is 21.4 Å². The van der Waals surface area contributed by atoms with Crippen LogP contribution in [0.4, 0.5) is 0 Å². The highest BCUT2D eigenvalue weighted by Crippen LogP contribution is 2.59. The molecule has 8 aromatic rings. The van der Waals surface area contributed by atoms with Crippen LogP contribution in [0, 0.1) is 0 Å². The molecule has 0 N–H and O–H groups in total. The fourth-order valence-corrected chi connectivity index (χ4v) is 9.91. The van der Waals surface area contributed by atoms with E-state index in [1.807, 2.05) is 13.8 Å². The van der Waals surface area contributed by atoms with Crippen molar-refractivity contribution >= 4 is 44.6 Å². The van der Waals surface area contributed by atoms with Crippen LogP contribution in [0.3, 0.4) is 0 Å². The molecule has 1 aromatic heterocycles. The van der Waals surface area contributed by atoms with Crippen LogP contribution in [0.1, 0.15) is 73.9 Å². The summed E-state index contributed by atoms with van der Waals surface area (Å²) in [6, 6.07) is 53.2. The molecule has 0 radical (unpaired) electrons. The van der Waals surface area contributed by atoms with Gasteiger partial charge in [-0.2, -0.15) is 0 Å². The molecule has 1 nitrogen and oxygen atoms in total. The monoisotopic (exact) mass is 655 g/mol. The number of nitrogens with zero attached hydrogens (tertiary/aromatic N) is 1. The van der Waals surface area contributed by atoms with Gasteiger partial charge in [0.15, 0.2) is 0 Å². The van der Waals surface area contributed by atoms with Crippen LogP contribution in [0.15, 0.2) is 140 Å². The van der Waals surface area contributed by atoms with Crippen molar-refractivity contribution in [2.24, 2.45) is 0 Å². The zero-order chi connectivity index (χ0) is 34.5. The Balaban J connectivity index is 0.00000161. The molecule has 51 heavy (non-hydrogen) atoms.